The molecule has 0 aromatic heterocycles. The first kappa shape index (κ1) is 14.4. The molecule has 2 N–H and O–H groups in total. The molecule has 1 unspecified atom stereocenters. The number of likely N-dealkylation sites (N-methyl/N-ethyl adjacent to an activating group) is 1. The molecule has 0 bridgehead atoms. The van der Waals surface area contributed by atoms with Crippen molar-refractivity contribution in [2.24, 2.45) is 0 Å². The predicted molar refractivity (Wildman–Crippen MR) is 64.9 cm³/mol. The lowest BCUT2D eigenvalue weighted by Gasteiger charge is -2.12. The number of rotatable bonds is 9. The fourth-order valence-electron chi connectivity index (χ4n) is 1.47. The van der Waals surface area contributed by atoms with Crippen molar-refractivity contribution in [3.63, 3.8) is 0 Å². The number of nitrogens with one attached hydrogen (secondary N) is 2. The van der Waals surface area contributed by atoms with Crippen LogP contribution in [-0.2, 0) is 4.79 Å². The van der Waals surface area contributed by atoms with E-state index in [1.807, 2.05) is 13.8 Å². The van der Waals surface area contributed by atoms with Crippen LogP contribution in [0.5, 0.6) is 0 Å². The second kappa shape index (κ2) is 9.97. The maximum atomic E-state index is 11.3. The monoisotopic (exact) mass is 214 g/mol. The van der Waals surface area contributed by atoms with Crippen molar-refractivity contribution < 1.29 is 4.79 Å². The summed E-state index contributed by atoms with van der Waals surface area (Å²) in [5, 5.41) is 6.04. The van der Waals surface area contributed by atoms with Crippen LogP contribution in [-0.4, -0.2) is 25.0 Å². The second-order valence-electron chi connectivity index (χ2n) is 3.98. The Labute approximate surface area is 94.0 Å². The summed E-state index contributed by atoms with van der Waals surface area (Å²) in [5.74, 6) is 0.103. The van der Waals surface area contributed by atoms with Crippen molar-refractivity contribution in [1.82, 2.24) is 10.6 Å². The minimum atomic E-state index is -0.0591. The smallest absolute Gasteiger partial charge is 0.236 e. The summed E-state index contributed by atoms with van der Waals surface area (Å²) < 4.78 is 0. The van der Waals surface area contributed by atoms with Crippen LogP contribution in [0.25, 0.3) is 0 Å². The third-order valence-corrected chi connectivity index (χ3v) is 2.48. The zero-order valence-electron chi connectivity index (χ0n) is 10.4. The van der Waals surface area contributed by atoms with Crippen molar-refractivity contribution in [1.29, 1.82) is 0 Å². The Hall–Kier alpha value is -0.570. The first-order valence-electron chi connectivity index (χ1n) is 6.23. The van der Waals surface area contributed by atoms with E-state index in [4.69, 9.17) is 0 Å². The Bertz CT molecular complexity index is 160. The Morgan fingerprint density at radius 3 is 2.40 bits per heavy atom. The van der Waals surface area contributed by atoms with Crippen LogP contribution < -0.4 is 10.6 Å². The second-order valence-corrected chi connectivity index (χ2v) is 3.98. The van der Waals surface area contributed by atoms with E-state index < -0.39 is 0 Å². The highest BCUT2D eigenvalue weighted by Gasteiger charge is 2.09. The minimum absolute atomic E-state index is 0.0591. The Morgan fingerprint density at radius 2 is 1.80 bits per heavy atom. The van der Waals surface area contributed by atoms with Crippen LogP contribution in [0.2, 0.25) is 0 Å². The molecule has 1 atom stereocenters. The summed E-state index contributed by atoms with van der Waals surface area (Å²) >= 11 is 0. The summed E-state index contributed by atoms with van der Waals surface area (Å²) in [4.78, 5) is 11.3. The topological polar surface area (TPSA) is 41.1 Å². The SMILES string of the molecule is CCCCCCCNC(C)C(=O)NCC. The largest absolute Gasteiger partial charge is 0.355 e. The Morgan fingerprint density at radius 1 is 1.13 bits per heavy atom. The fraction of sp³-hybridized carbons (Fsp3) is 0.917. The van der Waals surface area contributed by atoms with Gasteiger partial charge in [0.25, 0.3) is 0 Å². The third kappa shape index (κ3) is 8.43. The molecular weight excluding hydrogens is 188 g/mol. The van der Waals surface area contributed by atoms with Gasteiger partial charge in [0.2, 0.25) is 5.91 Å². The van der Waals surface area contributed by atoms with Crippen molar-refractivity contribution in [3.05, 3.63) is 0 Å². The van der Waals surface area contributed by atoms with Crippen LogP contribution in [0.3, 0.4) is 0 Å². The average Bonchev–Trinajstić information content (AvgIpc) is 2.23. The molecule has 3 heteroatoms. The van der Waals surface area contributed by atoms with Crippen molar-refractivity contribution in [2.75, 3.05) is 13.1 Å². The number of hydrogen-bond acceptors (Lipinski definition) is 2. The van der Waals surface area contributed by atoms with Crippen LogP contribution in [0.1, 0.15) is 52.9 Å². The minimum Gasteiger partial charge on any atom is -0.355 e. The zero-order valence-corrected chi connectivity index (χ0v) is 10.4. The zero-order chi connectivity index (χ0) is 11.5. The van der Waals surface area contributed by atoms with Gasteiger partial charge in [-0.15, -0.1) is 0 Å². The van der Waals surface area contributed by atoms with Crippen molar-refractivity contribution >= 4 is 5.91 Å². The number of carbonyl (C=O) groups excluding carboxylic acids is 1. The molecule has 0 aliphatic rings. The molecule has 3 nitrogen and oxygen atoms in total. The van der Waals surface area contributed by atoms with Gasteiger partial charge in [0.05, 0.1) is 6.04 Å². The molecule has 0 rings (SSSR count). The lowest BCUT2D eigenvalue weighted by Crippen LogP contribution is -2.42. The van der Waals surface area contributed by atoms with E-state index in [1.54, 1.807) is 0 Å². The van der Waals surface area contributed by atoms with Crippen LogP contribution in [0, 0.1) is 0 Å². The molecular formula is C12H26N2O. The van der Waals surface area contributed by atoms with E-state index in [2.05, 4.69) is 17.6 Å². The summed E-state index contributed by atoms with van der Waals surface area (Å²) in [6.45, 7) is 7.73. The maximum absolute atomic E-state index is 11.3. The van der Waals surface area contributed by atoms with Crippen LogP contribution in [0.15, 0.2) is 0 Å². The van der Waals surface area contributed by atoms with Gasteiger partial charge in [-0.2, -0.15) is 0 Å². The highest BCUT2D eigenvalue weighted by Crippen LogP contribution is 2.01. The van der Waals surface area contributed by atoms with Crippen molar-refractivity contribution in [3.8, 4) is 0 Å². The Balaban J connectivity index is 3.30. The first-order chi connectivity index (χ1) is 7.22. The summed E-state index contributed by atoms with van der Waals surface area (Å²) in [7, 11) is 0. The number of carbonyl (C=O) groups is 1. The van der Waals surface area contributed by atoms with E-state index in [9.17, 15) is 4.79 Å². The van der Waals surface area contributed by atoms with Gasteiger partial charge < -0.3 is 10.6 Å². The number of amides is 1. The summed E-state index contributed by atoms with van der Waals surface area (Å²) in [5.41, 5.74) is 0. The lowest BCUT2D eigenvalue weighted by molar-refractivity contribution is -0.122. The molecule has 0 heterocycles. The number of hydrogen-bond donors (Lipinski definition) is 2. The van der Waals surface area contributed by atoms with Gasteiger partial charge in [-0.25, -0.2) is 0 Å². The molecule has 0 aliphatic carbocycles. The molecule has 0 aliphatic heterocycles. The van der Waals surface area contributed by atoms with E-state index in [-0.39, 0.29) is 11.9 Å². The van der Waals surface area contributed by atoms with Gasteiger partial charge >= 0.3 is 0 Å². The lowest BCUT2D eigenvalue weighted by atomic mass is 10.1. The Kier molecular flexibility index (Phi) is 9.59. The summed E-state index contributed by atoms with van der Waals surface area (Å²) in [6, 6.07) is -0.0591. The molecule has 1 amide bonds. The summed E-state index contributed by atoms with van der Waals surface area (Å²) in [6.07, 6.45) is 6.36. The molecule has 0 aromatic carbocycles. The molecule has 0 saturated heterocycles. The van der Waals surface area contributed by atoms with Crippen LogP contribution >= 0.6 is 0 Å². The quantitative estimate of drug-likeness (QED) is 0.577. The van der Waals surface area contributed by atoms with Crippen LogP contribution in [0.4, 0.5) is 0 Å². The molecule has 0 saturated carbocycles. The van der Waals surface area contributed by atoms with Gasteiger partial charge in [0.15, 0.2) is 0 Å². The molecule has 15 heavy (non-hydrogen) atoms. The van der Waals surface area contributed by atoms with Gasteiger partial charge in [0.1, 0.15) is 0 Å². The van der Waals surface area contributed by atoms with Crippen molar-refractivity contribution in [2.45, 2.75) is 58.9 Å². The normalized spacial score (nSPS) is 12.5. The van der Waals surface area contributed by atoms with Gasteiger partial charge in [-0.1, -0.05) is 32.6 Å². The van der Waals surface area contributed by atoms with E-state index in [1.165, 1.54) is 32.1 Å². The highest BCUT2D eigenvalue weighted by atomic mass is 16.2. The average molecular weight is 214 g/mol. The van der Waals surface area contributed by atoms with Gasteiger partial charge in [-0.05, 0) is 26.8 Å². The van der Waals surface area contributed by atoms with E-state index >= 15 is 0 Å². The molecule has 0 aromatic rings. The molecule has 90 valence electrons. The molecule has 0 spiro atoms. The highest BCUT2D eigenvalue weighted by molar-refractivity contribution is 5.81. The fourth-order valence-corrected chi connectivity index (χ4v) is 1.47. The predicted octanol–water partition coefficient (Wildman–Crippen LogP) is 2.07. The standard InChI is InChI=1S/C12H26N2O/c1-4-6-7-8-9-10-14-11(3)12(15)13-5-2/h11,14H,4-10H2,1-3H3,(H,13,15). The van der Waals surface area contributed by atoms with Gasteiger partial charge in [-0.3, -0.25) is 4.79 Å². The maximum Gasteiger partial charge on any atom is 0.236 e. The van der Waals surface area contributed by atoms with E-state index in [0.717, 1.165) is 6.54 Å². The number of unbranched alkanes of at least 4 members (excludes halogenated alkanes) is 4. The van der Waals surface area contributed by atoms with Gasteiger partial charge in [0, 0.05) is 6.54 Å². The first-order valence-corrected chi connectivity index (χ1v) is 6.23. The molecule has 0 radical (unpaired) electrons. The van der Waals surface area contributed by atoms with E-state index in [0.29, 0.717) is 6.54 Å². The molecule has 0 fully saturated rings. The third-order valence-electron chi connectivity index (χ3n) is 2.48.